The van der Waals surface area contributed by atoms with Gasteiger partial charge in [0.25, 0.3) is 5.91 Å². The number of anilines is 2. The maximum absolute atomic E-state index is 11.9. The lowest BCUT2D eigenvalue weighted by Crippen LogP contribution is -2.15. The number of carbonyl (C=O) groups excluding carboxylic acids is 1. The summed E-state index contributed by atoms with van der Waals surface area (Å²) >= 11 is 5.81. The van der Waals surface area contributed by atoms with Crippen molar-refractivity contribution in [2.24, 2.45) is 0 Å². The van der Waals surface area contributed by atoms with Crippen molar-refractivity contribution in [3.05, 3.63) is 57.5 Å². The molecule has 2 rings (SSSR count). The molecule has 92 valence electrons. The normalized spacial score (nSPS) is 10.1. The van der Waals surface area contributed by atoms with Crippen LogP contribution in [0, 0.1) is 0 Å². The van der Waals surface area contributed by atoms with E-state index in [2.05, 4.69) is 10.3 Å². The molecule has 6 heteroatoms. The molecule has 1 amide bonds. The quantitative estimate of drug-likeness (QED) is 0.723. The molecule has 4 N–H and O–H groups in total. The first-order chi connectivity index (χ1) is 8.56. The van der Waals surface area contributed by atoms with Crippen molar-refractivity contribution in [3.8, 4) is 0 Å². The van der Waals surface area contributed by atoms with Crippen LogP contribution in [0.15, 0.2) is 41.3 Å². The molecule has 1 heterocycles. The van der Waals surface area contributed by atoms with Crippen molar-refractivity contribution >= 4 is 28.9 Å². The average molecular weight is 264 g/mol. The molecule has 0 unspecified atom stereocenters. The molecule has 0 radical (unpaired) electrons. The van der Waals surface area contributed by atoms with Gasteiger partial charge in [0.05, 0.1) is 16.9 Å². The van der Waals surface area contributed by atoms with Gasteiger partial charge in [0.1, 0.15) is 0 Å². The Hall–Kier alpha value is -2.27. The van der Waals surface area contributed by atoms with Crippen LogP contribution in [-0.2, 0) is 0 Å². The van der Waals surface area contributed by atoms with Crippen LogP contribution >= 0.6 is 11.6 Å². The van der Waals surface area contributed by atoms with Gasteiger partial charge in [0.15, 0.2) is 0 Å². The van der Waals surface area contributed by atoms with Crippen LogP contribution < -0.4 is 16.6 Å². The van der Waals surface area contributed by atoms with Crippen molar-refractivity contribution in [3.63, 3.8) is 0 Å². The van der Waals surface area contributed by atoms with Gasteiger partial charge in [0, 0.05) is 17.3 Å². The standard InChI is InChI=1S/C12H10ClN3O2/c13-8-2-3-9(14)10(5-8)16-12(18)7-1-4-11(17)15-6-7/h1-6H,14H2,(H,15,17)(H,16,18). The Bertz CT molecular complexity index is 632. The van der Waals surface area contributed by atoms with Crippen molar-refractivity contribution in [1.82, 2.24) is 4.98 Å². The van der Waals surface area contributed by atoms with E-state index >= 15 is 0 Å². The van der Waals surface area contributed by atoms with E-state index in [1.807, 2.05) is 0 Å². The van der Waals surface area contributed by atoms with Crippen molar-refractivity contribution < 1.29 is 4.79 Å². The van der Waals surface area contributed by atoms with E-state index < -0.39 is 0 Å². The van der Waals surface area contributed by atoms with Gasteiger partial charge in [-0.25, -0.2) is 0 Å². The number of nitrogens with one attached hydrogen (secondary N) is 2. The van der Waals surface area contributed by atoms with E-state index in [1.54, 1.807) is 18.2 Å². The highest BCUT2D eigenvalue weighted by atomic mass is 35.5. The highest BCUT2D eigenvalue weighted by molar-refractivity contribution is 6.31. The van der Waals surface area contributed by atoms with Gasteiger partial charge in [-0.3, -0.25) is 9.59 Å². The van der Waals surface area contributed by atoms with Gasteiger partial charge in [0.2, 0.25) is 5.56 Å². The Morgan fingerprint density at radius 3 is 2.72 bits per heavy atom. The predicted molar refractivity (Wildman–Crippen MR) is 70.9 cm³/mol. The summed E-state index contributed by atoms with van der Waals surface area (Å²) in [6, 6.07) is 7.49. The van der Waals surface area contributed by atoms with Crippen LogP contribution in [0.4, 0.5) is 11.4 Å². The topological polar surface area (TPSA) is 88.0 Å². The second-order valence-corrected chi connectivity index (χ2v) is 4.06. The summed E-state index contributed by atoms with van der Waals surface area (Å²) in [4.78, 5) is 25.2. The summed E-state index contributed by atoms with van der Waals surface area (Å²) in [6.45, 7) is 0. The fraction of sp³-hybridized carbons (Fsp3) is 0. The van der Waals surface area contributed by atoms with Crippen LogP contribution in [0.25, 0.3) is 0 Å². The maximum Gasteiger partial charge on any atom is 0.257 e. The van der Waals surface area contributed by atoms with Crippen LogP contribution in [0.3, 0.4) is 0 Å². The molecule has 0 atom stereocenters. The summed E-state index contributed by atoms with van der Waals surface area (Å²) in [6.07, 6.45) is 1.33. The second-order valence-electron chi connectivity index (χ2n) is 3.63. The summed E-state index contributed by atoms with van der Waals surface area (Å²) < 4.78 is 0. The lowest BCUT2D eigenvalue weighted by atomic mass is 10.2. The number of rotatable bonds is 2. The molecule has 0 fully saturated rings. The van der Waals surface area contributed by atoms with Gasteiger partial charge >= 0.3 is 0 Å². The van der Waals surface area contributed by atoms with E-state index in [0.29, 0.717) is 22.0 Å². The highest BCUT2D eigenvalue weighted by Crippen LogP contribution is 2.23. The summed E-state index contributed by atoms with van der Waals surface area (Å²) in [5.74, 6) is -0.375. The number of nitrogen functional groups attached to an aromatic ring is 1. The maximum atomic E-state index is 11.9. The zero-order valence-electron chi connectivity index (χ0n) is 9.24. The lowest BCUT2D eigenvalue weighted by Gasteiger charge is -2.08. The molecule has 18 heavy (non-hydrogen) atoms. The number of aromatic nitrogens is 1. The SMILES string of the molecule is Nc1ccc(Cl)cc1NC(=O)c1ccc(=O)[nH]c1. The first kappa shape index (κ1) is 12.2. The molecule has 0 aliphatic heterocycles. The molecular formula is C12H10ClN3O2. The number of benzene rings is 1. The predicted octanol–water partition coefficient (Wildman–Crippen LogP) is 1.86. The average Bonchev–Trinajstić information content (AvgIpc) is 2.34. The number of aromatic amines is 1. The van der Waals surface area contributed by atoms with E-state index in [9.17, 15) is 9.59 Å². The van der Waals surface area contributed by atoms with Crippen molar-refractivity contribution in [2.45, 2.75) is 0 Å². The number of pyridine rings is 1. The molecule has 0 bridgehead atoms. The third-order valence-corrected chi connectivity index (χ3v) is 2.55. The van der Waals surface area contributed by atoms with Crippen molar-refractivity contribution in [1.29, 1.82) is 0 Å². The third-order valence-electron chi connectivity index (χ3n) is 2.31. The van der Waals surface area contributed by atoms with Crippen LogP contribution in [0.1, 0.15) is 10.4 Å². The summed E-state index contributed by atoms with van der Waals surface area (Å²) in [5, 5.41) is 3.09. The molecule has 5 nitrogen and oxygen atoms in total. The summed E-state index contributed by atoms with van der Waals surface area (Å²) in [7, 11) is 0. The minimum atomic E-state index is -0.375. The summed E-state index contributed by atoms with van der Waals surface area (Å²) in [5.41, 5.74) is 6.61. The molecule has 1 aromatic heterocycles. The van der Waals surface area contributed by atoms with E-state index in [1.165, 1.54) is 18.3 Å². The van der Waals surface area contributed by atoms with Gasteiger partial charge < -0.3 is 16.0 Å². The molecule has 0 spiro atoms. The number of hydrogen-bond acceptors (Lipinski definition) is 3. The first-order valence-electron chi connectivity index (χ1n) is 5.11. The Morgan fingerprint density at radius 2 is 2.06 bits per heavy atom. The molecule has 0 aliphatic carbocycles. The Balaban J connectivity index is 2.23. The van der Waals surface area contributed by atoms with E-state index in [-0.39, 0.29) is 11.5 Å². The highest BCUT2D eigenvalue weighted by Gasteiger charge is 2.08. The van der Waals surface area contributed by atoms with Crippen molar-refractivity contribution in [2.75, 3.05) is 11.1 Å². The number of amides is 1. The zero-order chi connectivity index (χ0) is 13.1. The second kappa shape index (κ2) is 4.93. The zero-order valence-corrected chi connectivity index (χ0v) is 9.99. The fourth-order valence-corrected chi connectivity index (χ4v) is 1.56. The number of halogens is 1. The minimum Gasteiger partial charge on any atom is -0.397 e. The van der Waals surface area contributed by atoms with Gasteiger partial charge in [-0.05, 0) is 24.3 Å². The Labute approximate surface area is 108 Å². The molecule has 1 aromatic carbocycles. The van der Waals surface area contributed by atoms with E-state index in [4.69, 9.17) is 17.3 Å². The first-order valence-corrected chi connectivity index (χ1v) is 5.49. The largest absolute Gasteiger partial charge is 0.397 e. The van der Waals surface area contributed by atoms with Gasteiger partial charge in [-0.1, -0.05) is 11.6 Å². The minimum absolute atomic E-state index is 0.270. The van der Waals surface area contributed by atoms with E-state index in [0.717, 1.165) is 0 Å². The molecule has 0 saturated carbocycles. The van der Waals surface area contributed by atoms with Crippen LogP contribution in [0.2, 0.25) is 5.02 Å². The number of hydrogen-bond donors (Lipinski definition) is 3. The number of H-pyrrole nitrogens is 1. The van der Waals surface area contributed by atoms with Crippen LogP contribution in [-0.4, -0.2) is 10.9 Å². The number of nitrogens with two attached hydrogens (primary N) is 1. The monoisotopic (exact) mass is 263 g/mol. The molecule has 2 aromatic rings. The van der Waals surface area contributed by atoms with Crippen LogP contribution in [0.5, 0.6) is 0 Å². The number of carbonyl (C=O) groups is 1. The molecule has 0 saturated heterocycles. The van der Waals surface area contributed by atoms with Gasteiger partial charge in [-0.2, -0.15) is 0 Å². The smallest absolute Gasteiger partial charge is 0.257 e. The lowest BCUT2D eigenvalue weighted by molar-refractivity contribution is 0.102. The Morgan fingerprint density at radius 1 is 1.28 bits per heavy atom. The van der Waals surface area contributed by atoms with Gasteiger partial charge in [-0.15, -0.1) is 0 Å². The Kier molecular flexibility index (Phi) is 3.34. The molecular weight excluding hydrogens is 254 g/mol. The fourth-order valence-electron chi connectivity index (χ4n) is 1.38. The third kappa shape index (κ3) is 2.70. The molecule has 0 aliphatic rings.